The number of aliphatic hydroxyl groups is 1. The number of piperidine rings is 1. The lowest BCUT2D eigenvalue weighted by molar-refractivity contribution is 0.274. The Morgan fingerprint density at radius 2 is 1.91 bits per heavy atom. The predicted octanol–water partition coefficient (Wildman–Crippen LogP) is 4.30. The summed E-state index contributed by atoms with van der Waals surface area (Å²) in [6.45, 7) is -0.0962. The van der Waals surface area contributed by atoms with E-state index in [9.17, 15) is 5.11 Å². The number of anilines is 1. The monoisotopic (exact) mass is 534 g/mol. The van der Waals surface area contributed by atoms with Crippen LogP contribution in [0.3, 0.4) is 0 Å². The maximum absolute atomic E-state index is 9.65. The summed E-state index contributed by atoms with van der Waals surface area (Å²) < 4.78 is 7.85. The molecule has 0 spiro atoms. The number of nitrogens with zero attached hydrogens (tertiary/aromatic N) is 4. The first kappa shape index (κ1) is 22.5. The van der Waals surface area contributed by atoms with E-state index in [1.165, 1.54) is 12.8 Å². The minimum absolute atomic E-state index is 0.0962. The highest BCUT2D eigenvalue weighted by Crippen LogP contribution is 2.41. The van der Waals surface area contributed by atoms with Crippen molar-refractivity contribution in [2.45, 2.75) is 50.3 Å². The number of fused-ring (bicyclic) bond motifs is 3. The molecule has 4 aromatic rings. The Labute approximate surface area is 211 Å². The van der Waals surface area contributed by atoms with Crippen LogP contribution in [-0.2, 0) is 6.61 Å². The molecule has 2 aliphatic heterocycles. The number of rotatable bonds is 5. The van der Waals surface area contributed by atoms with Crippen LogP contribution in [0.5, 0.6) is 5.75 Å². The second-order valence-corrected chi connectivity index (χ2v) is 10.2. The second-order valence-electron chi connectivity index (χ2n) is 9.41. The summed E-state index contributed by atoms with van der Waals surface area (Å²) in [5, 5.41) is 17.9. The van der Waals surface area contributed by atoms with Crippen LogP contribution in [0.25, 0.3) is 28.0 Å². The van der Waals surface area contributed by atoms with Crippen LogP contribution in [-0.4, -0.2) is 43.9 Å². The van der Waals surface area contributed by atoms with Crippen molar-refractivity contribution in [2.75, 3.05) is 12.8 Å². The Balaban J connectivity index is 1.36. The highest BCUT2D eigenvalue weighted by molar-refractivity contribution is 9.10. The normalized spacial score (nSPS) is 21.5. The van der Waals surface area contributed by atoms with Gasteiger partial charge in [-0.25, -0.2) is 4.98 Å². The number of benzene rings is 1. The predicted molar refractivity (Wildman–Crippen MR) is 138 cm³/mol. The van der Waals surface area contributed by atoms with Gasteiger partial charge in [-0.3, -0.25) is 4.98 Å². The van der Waals surface area contributed by atoms with E-state index >= 15 is 0 Å². The van der Waals surface area contributed by atoms with E-state index < -0.39 is 0 Å². The van der Waals surface area contributed by atoms with Gasteiger partial charge in [-0.15, -0.1) is 0 Å². The van der Waals surface area contributed by atoms with Gasteiger partial charge in [-0.1, -0.05) is 6.07 Å². The Kier molecular flexibility index (Phi) is 5.70. The number of methoxy groups -OCH3 is 1. The highest BCUT2D eigenvalue weighted by Gasteiger charge is 2.36. The molecule has 2 atom stereocenters. The fourth-order valence-corrected chi connectivity index (χ4v) is 6.13. The van der Waals surface area contributed by atoms with E-state index in [1.807, 2.05) is 36.5 Å². The van der Waals surface area contributed by atoms with Gasteiger partial charge in [0.2, 0.25) is 0 Å². The summed E-state index contributed by atoms with van der Waals surface area (Å²) >= 11 is 3.71. The number of aliphatic hydroxyl groups excluding tert-OH is 1. The van der Waals surface area contributed by atoms with Crippen LogP contribution in [0.15, 0.2) is 47.2 Å². The lowest BCUT2D eigenvalue weighted by atomic mass is 9.89. The number of aromatic nitrogens is 4. The number of hydrogen-bond acceptors (Lipinski definition) is 7. The number of ether oxygens (including phenoxy) is 1. The van der Waals surface area contributed by atoms with Crippen molar-refractivity contribution >= 4 is 27.4 Å². The fourth-order valence-electron chi connectivity index (χ4n) is 5.55. The topological polar surface area (TPSA) is 111 Å². The van der Waals surface area contributed by atoms with Crippen molar-refractivity contribution in [1.29, 1.82) is 0 Å². The van der Waals surface area contributed by atoms with Crippen molar-refractivity contribution in [2.24, 2.45) is 0 Å². The third-order valence-corrected chi connectivity index (χ3v) is 8.14. The molecule has 5 heterocycles. The maximum Gasteiger partial charge on any atom is 0.165 e. The van der Waals surface area contributed by atoms with Gasteiger partial charge in [0.1, 0.15) is 11.6 Å². The molecule has 0 aliphatic carbocycles. The van der Waals surface area contributed by atoms with Crippen LogP contribution < -0.4 is 15.8 Å². The zero-order valence-corrected chi connectivity index (χ0v) is 21.0. The molecule has 0 radical (unpaired) electrons. The molecule has 2 aliphatic rings. The quantitative estimate of drug-likeness (QED) is 0.350. The molecule has 2 saturated heterocycles. The number of hydrogen-bond donors (Lipinski definition) is 3. The summed E-state index contributed by atoms with van der Waals surface area (Å²) in [6, 6.07) is 10.8. The fraction of sp³-hybridized carbons (Fsp3) is 0.346. The van der Waals surface area contributed by atoms with Gasteiger partial charge < -0.3 is 20.9 Å². The Hall–Kier alpha value is -3.01. The lowest BCUT2D eigenvalue weighted by Gasteiger charge is -2.29. The standard InChI is InChI=1S/C26H27BrN6O2/c1-35-22-7-3-14(8-17(22)13-34)21-6-2-15(11-29-21)20-12-30-33-25(28)23(27)24(32-26(20)33)16-9-18-4-5-19(10-16)31-18/h2-3,6-8,11-12,16,18-19,31,34H,4-5,9-10,13,28H2,1H3. The van der Waals surface area contributed by atoms with Gasteiger partial charge in [0.15, 0.2) is 5.65 Å². The number of nitrogens with one attached hydrogen (secondary N) is 1. The number of nitrogens with two attached hydrogens (primary N) is 1. The minimum atomic E-state index is -0.0962. The van der Waals surface area contributed by atoms with E-state index in [-0.39, 0.29) is 6.61 Å². The Morgan fingerprint density at radius 3 is 2.60 bits per heavy atom. The molecule has 2 unspecified atom stereocenters. The first-order valence-corrected chi connectivity index (χ1v) is 12.7. The number of nitrogen functional groups attached to an aromatic ring is 1. The molecule has 8 nitrogen and oxygen atoms in total. The molecule has 0 saturated carbocycles. The molecule has 0 amide bonds. The summed E-state index contributed by atoms with van der Waals surface area (Å²) in [5.41, 5.74) is 12.5. The molecule has 4 N–H and O–H groups in total. The van der Waals surface area contributed by atoms with Crippen molar-refractivity contribution in [3.8, 4) is 28.1 Å². The minimum Gasteiger partial charge on any atom is -0.496 e. The Morgan fingerprint density at radius 1 is 1.14 bits per heavy atom. The third-order valence-electron chi connectivity index (χ3n) is 7.33. The van der Waals surface area contributed by atoms with Gasteiger partial charge in [-0.2, -0.15) is 9.61 Å². The van der Waals surface area contributed by atoms with Crippen molar-refractivity contribution in [1.82, 2.24) is 24.9 Å². The third kappa shape index (κ3) is 3.87. The zero-order chi connectivity index (χ0) is 24.1. The SMILES string of the molecule is COc1ccc(-c2ccc(-c3cnn4c(N)c(Br)c(C5CC6CCC(C5)N6)nc34)cn2)cc1CO. The van der Waals surface area contributed by atoms with Crippen LogP contribution in [0, 0.1) is 0 Å². The zero-order valence-electron chi connectivity index (χ0n) is 19.4. The summed E-state index contributed by atoms with van der Waals surface area (Å²) in [6.07, 6.45) is 8.26. The largest absolute Gasteiger partial charge is 0.496 e. The molecule has 3 aromatic heterocycles. The second kappa shape index (κ2) is 8.89. The van der Waals surface area contributed by atoms with Gasteiger partial charge >= 0.3 is 0 Å². The average molecular weight is 535 g/mol. The summed E-state index contributed by atoms with van der Waals surface area (Å²) in [5.74, 6) is 1.60. The van der Waals surface area contributed by atoms with Crippen LogP contribution in [0.1, 0.15) is 42.9 Å². The van der Waals surface area contributed by atoms with Gasteiger partial charge in [-0.05, 0) is 65.9 Å². The maximum atomic E-state index is 9.65. The van der Waals surface area contributed by atoms with Gasteiger partial charge in [0.05, 0.1) is 35.8 Å². The number of halogens is 1. The molecule has 9 heteroatoms. The van der Waals surface area contributed by atoms with Gasteiger partial charge in [0.25, 0.3) is 0 Å². The lowest BCUT2D eigenvalue weighted by Crippen LogP contribution is -2.37. The molecule has 1 aromatic carbocycles. The molecular formula is C26H27BrN6O2. The van der Waals surface area contributed by atoms with E-state index in [4.69, 9.17) is 15.5 Å². The highest BCUT2D eigenvalue weighted by atomic mass is 79.9. The first-order valence-electron chi connectivity index (χ1n) is 11.9. The van der Waals surface area contributed by atoms with Gasteiger partial charge in [0, 0.05) is 46.5 Å². The van der Waals surface area contributed by atoms with Crippen LogP contribution in [0.4, 0.5) is 5.82 Å². The van der Waals surface area contributed by atoms with E-state index in [2.05, 4.69) is 31.3 Å². The van der Waals surface area contributed by atoms with Crippen LogP contribution >= 0.6 is 15.9 Å². The smallest absolute Gasteiger partial charge is 0.165 e. The van der Waals surface area contributed by atoms with E-state index in [0.717, 1.165) is 56.6 Å². The van der Waals surface area contributed by atoms with Crippen LogP contribution in [0.2, 0.25) is 0 Å². The number of pyridine rings is 1. The van der Waals surface area contributed by atoms with E-state index in [0.29, 0.717) is 29.6 Å². The molecule has 35 heavy (non-hydrogen) atoms. The molecule has 180 valence electrons. The van der Waals surface area contributed by atoms with E-state index in [1.54, 1.807) is 17.8 Å². The molecule has 2 bridgehead atoms. The van der Waals surface area contributed by atoms with Crippen molar-refractivity contribution in [3.05, 3.63) is 58.5 Å². The molecule has 6 rings (SSSR count). The molecular weight excluding hydrogens is 508 g/mol. The molecule has 2 fully saturated rings. The summed E-state index contributed by atoms with van der Waals surface area (Å²) in [4.78, 5) is 9.78. The van der Waals surface area contributed by atoms with Crippen molar-refractivity contribution < 1.29 is 9.84 Å². The average Bonchev–Trinajstić information content (AvgIpc) is 3.48. The van der Waals surface area contributed by atoms with Crippen molar-refractivity contribution in [3.63, 3.8) is 0 Å². The Bertz CT molecular complexity index is 1390. The first-order chi connectivity index (χ1) is 17.1. The summed E-state index contributed by atoms with van der Waals surface area (Å²) in [7, 11) is 1.59.